The summed E-state index contributed by atoms with van der Waals surface area (Å²) in [5, 5.41) is 8.37. The van der Waals surface area contributed by atoms with E-state index in [1.54, 1.807) is 15.9 Å². The maximum Gasteiger partial charge on any atom is 0.274 e. The summed E-state index contributed by atoms with van der Waals surface area (Å²) in [4.78, 5) is 31.2. The SMILES string of the molecule is CCN1CCN(c2ccc(C(=O)N3CCN(C=O)CC3)nn2)CC1. The molecule has 130 valence electrons. The van der Waals surface area contributed by atoms with Gasteiger partial charge in [0.15, 0.2) is 11.5 Å². The van der Waals surface area contributed by atoms with Crippen LogP contribution in [0, 0.1) is 0 Å². The molecule has 0 unspecified atom stereocenters. The number of piperazine rings is 2. The maximum atomic E-state index is 12.5. The molecule has 0 N–H and O–H groups in total. The summed E-state index contributed by atoms with van der Waals surface area (Å²) in [6, 6.07) is 3.63. The maximum absolute atomic E-state index is 12.5. The first-order valence-electron chi connectivity index (χ1n) is 8.51. The van der Waals surface area contributed by atoms with Crippen molar-refractivity contribution >= 4 is 18.1 Å². The highest BCUT2D eigenvalue weighted by Crippen LogP contribution is 2.14. The second-order valence-electron chi connectivity index (χ2n) is 6.13. The number of carbonyl (C=O) groups is 2. The van der Waals surface area contributed by atoms with Gasteiger partial charge in [-0.2, -0.15) is 0 Å². The topological polar surface area (TPSA) is 72.9 Å². The molecule has 0 spiro atoms. The Bertz CT molecular complexity index is 562. The van der Waals surface area contributed by atoms with Crippen LogP contribution >= 0.6 is 0 Å². The van der Waals surface area contributed by atoms with Crippen molar-refractivity contribution in [1.29, 1.82) is 0 Å². The Morgan fingerprint density at radius 3 is 2.29 bits per heavy atom. The first kappa shape index (κ1) is 16.6. The molecule has 2 amide bonds. The van der Waals surface area contributed by atoms with Crippen LogP contribution in [0.4, 0.5) is 5.82 Å². The molecule has 8 nitrogen and oxygen atoms in total. The van der Waals surface area contributed by atoms with Crippen LogP contribution in [0.3, 0.4) is 0 Å². The van der Waals surface area contributed by atoms with Crippen molar-refractivity contribution in [3.8, 4) is 0 Å². The molecule has 3 rings (SSSR count). The molecule has 0 radical (unpaired) electrons. The Balaban J connectivity index is 1.58. The van der Waals surface area contributed by atoms with E-state index < -0.39 is 0 Å². The lowest BCUT2D eigenvalue weighted by Crippen LogP contribution is -2.48. The standard InChI is InChI=1S/C16H24N6O2/c1-2-19-5-9-21(10-6-19)15-4-3-14(17-18-15)16(24)22-11-7-20(13-23)8-12-22/h3-4,13H,2,5-12H2,1H3. The average Bonchev–Trinajstić information content (AvgIpc) is 2.68. The highest BCUT2D eigenvalue weighted by Gasteiger charge is 2.23. The summed E-state index contributed by atoms with van der Waals surface area (Å²) in [7, 11) is 0. The monoisotopic (exact) mass is 332 g/mol. The van der Waals surface area contributed by atoms with Gasteiger partial charge in [0.2, 0.25) is 6.41 Å². The van der Waals surface area contributed by atoms with E-state index in [1.165, 1.54) is 0 Å². The zero-order valence-electron chi connectivity index (χ0n) is 14.1. The Morgan fingerprint density at radius 1 is 1.04 bits per heavy atom. The van der Waals surface area contributed by atoms with Gasteiger partial charge in [0.25, 0.3) is 5.91 Å². The molecule has 2 aliphatic rings. The van der Waals surface area contributed by atoms with Crippen molar-refractivity contribution in [3.05, 3.63) is 17.8 Å². The minimum atomic E-state index is -0.115. The van der Waals surface area contributed by atoms with Crippen LogP contribution in [0.5, 0.6) is 0 Å². The summed E-state index contributed by atoms with van der Waals surface area (Å²) in [5.74, 6) is 0.712. The number of aromatic nitrogens is 2. The van der Waals surface area contributed by atoms with Crippen molar-refractivity contribution in [2.75, 3.05) is 63.8 Å². The van der Waals surface area contributed by atoms with Crippen LogP contribution < -0.4 is 4.90 Å². The third kappa shape index (κ3) is 3.64. The Kier molecular flexibility index (Phi) is 5.24. The molecule has 0 aliphatic carbocycles. The van der Waals surface area contributed by atoms with Crippen LogP contribution in [0.1, 0.15) is 17.4 Å². The third-order valence-corrected chi connectivity index (χ3v) is 4.76. The Labute approximate surface area is 142 Å². The van der Waals surface area contributed by atoms with Gasteiger partial charge < -0.3 is 19.6 Å². The minimum absolute atomic E-state index is 0.115. The molecule has 8 heteroatoms. The van der Waals surface area contributed by atoms with E-state index in [2.05, 4.69) is 26.9 Å². The molecule has 0 bridgehead atoms. The fraction of sp³-hybridized carbons (Fsp3) is 0.625. The van der Waals surface area contributed by atoms with Gasteiger partial charge in [-0.3, -0.25) is 9.59 Å². The lowest BCUT2D eigenvalue weighted by Gasteiger charge is -2.34. The van der Waals surface area contributed by atoms with E-state index in [9.17, 15) is 9.59 Å². The summed E-state index contributed by atoms with van der Waals surface area (Å²) < 4.78 is 0. The molecular formula is C16H24N6O2. The van der Waals surface area contributed by atoms with Crippen molar-refractivity contribution in [1.82, 2.24) is 24.9 Å². The van der Waals surface area contributed by atoms with Crippen LogP contribution in [0.15, 0.2) is 12.1 Å². The fourth-order valence-corrected chi connectivity index (χ4v) is 3.09. The van der Waals surface area contributed by atoms with Crippen molar-refractivity contribution in [2.45, 2.75) is 6.92 Å². The Hall–Kier alpha value is -2.22. The van der Waals surface area contributed by atoms with Crippen molar-refractivity contribution < 1.29 is 9.59 Å². The summed E-state index contributed by atoms with van der Waals surface area (Å²) in [5.41, 5.74) is 0.366. The van der Waals surface area contributed by atoms with Gasteiger partial charge in [-0.1, -0.05) is 6.92 Å². The number of hydrogen-bond donors (Lipinski definition) is 0. The summed E-state index contributed by atoms with van der Waals surface area (Å²) in [6.45, 7) is 9.40. The predicted octanol–water partition coefficient (Wildman–Crippen LogP) is -0.467. The third-order valence-electron chi connectivity index (χ3n) is 4.76. The zero-order valence-corrected chi connectivity index (χ0v) is 14.1. The van der Waals surface area contributed by atoms with Gasteiger partial charge in [0.1, 0.15) is 0 Å². The fourth-order valence-electron chi connectivity index (χ4n) is 3.09. The van der Waals surface area contributed by atoms with E-state index in [4.69, 9.17) is 0 Å². The van der Waals surface area contributed by atoms with Crippen LogP contribution in [-0.2, 0) is 4.79 Å². The van der Waals surface area contributed by atoms with Crippen molar-refractivity contribution in [2.24, 2.45) is 0 Å². The normalized spacial score (nSPS) is 19.5. The molecule has 2 saturated heterocycles. The number of amides is 2. The summed E-state index contributed by atoms with van der Waals surface area (Å²) in [6.07, 6.45) is 0.828. The molecule has 1 aromatic heterocycles. The predicted molar refractivity (Wildman–Crippen MR) is 89.9 cm³/mol. The second-order valence-corrected chi connectivity index (χ2v) is 6.13. The Morgan fingerprint density at radius 2 is 1.75 bits per heavy atom. The van der Waals surface area contributed by atoms with Crippen LogP contribution in [0.2, 0.25) is 0 Å². The minimum Gasteiger partial charge on any atom is -0.353 e. The van der Waals surface area contributed by atoms with E-state index in [-0.39, 0.29) is 5.91 Å². The number of nitrogens with zero attached hydrogens (tertiary/aromatic N) is 6. The molecule has 24 heavy (non-hydrogen) atoms. The van der Waals surface area contributed by atoms with Crippen LogP contribution in [-0.4, -0.2) is 96.1 Å². The lowest BCUT2D eigenvalue weighted by molar-refractivity contribution is -0.119. The number of rotatable bonds is 4. The van der Waals surface area contributed by atoms with Crippen LogP contribution in [0.25, 0.3) is 0 Å². The van der Waals surface area contributed by atoms with E-state index in [0.29, 0.717) is 31.9 Å². The first-order valence-corrected chi connectivity index (χ1v) is 8.51. The van der Waals surface area contributed by atoms with Gasteiger partial charge in [0.05, 0.1) is 0 Å². The summed E-state index contributed by atoms with van der Waals surface area (Å²) >= 11 is 0. The van der Waals surface area contributed by atoms with Gasteiger partial charge in [-0.25, -0.2) is 0 Å². The van der Waals surface area contributed by atoms with Gasteiger partial charge in [0, 0.05) is 52.4 Å². The lowest BCUT2D eigenvalue weighted by atomic mass is 10.2. The zero-order chi connectivity index (χ0) is 16.9. The van der Waals surface area contributed by atoms with Gasteiger partial charge in [-0.15, -0.1) is 10.2 Å². The number of carbonyl (C=O) groups excluding carboxylic acids is 2. The highest BCUT2D eigenvalue weighted by molar-refractivity contribution is 5.92. The largest absolute Gasteiger partial charge is 0.353 e. The van der Waals surface area contributed by atoms with E-state index in [1.807, 2.05) is 6.07 Å². The molecule has 2 aliphatic heterocycles. The van der Waals surface area contributed by atoms with Crippen molar-refractivity contribution in [3.63, 3.8) is 0 Å². The van der Waals surface area contributed by atoms with Gasteiger partial charge >= 0.3 is 0 Å². The van der Waals surface area contributed by atoms with Gasteiger partial charge in [-0.05, 0) is 18.7 Å². The number of anilines is 1. The quantitative estimate of drug-likeness (QED) is 0.694. The first-order chi connectivity index (χ1) is 11.7. The number of hydrogen-bond acceptors (Lipinski definition) is 6. The molecule has 1 aromatic rings. The van der Waals surface area contributed by atoms with E-state index in [0.717, 1.165) is 45.0 Å². The molecule has 0 aromatic carbocycles. The van der Waals surface area contributed by atoms with E-state index >= 15 is 0 Å². The smallest absolute Gasteiger partial charge is 0.274 e. The second kappa shape index (κ2) is 7.57. The average molecular weight is 332 g/mol. The molecular weight excluding hydrogens is 308 g/mol. The molecule has 2 fully saturated rings. The molecule has 0 saturated carbocycles. The molecule has 3 heterocycles. The number of likely N-dealkylation sites (N-methyl/N-ethyl adjacent to an activating group) is 1. The molecule has 0 atom stereocenters. The highest BCUT2D eigenvalue weighted by atomic mass is 16.2.